The van der Waals surface area contributed by atoms with Crippen LogP contribution in [0.25, 0.3) is 10.2 Å². The topological polar surface area (TPSA) is 106 Å². The summed E-state index contributed by atoms with van der Waals surface area (Å²) in [5.41, 5.74) is 1.02. The predicted molar refractivity (Wildman–Crippen MR) is 128 cm³/mol. The summed E-state index contributed by atoms with van der Waals surface area (Å²) < 4.78 is 7.08. The first-order valence-corrected chi connectivity index (χ1v) is 12.9. The van der Waals surface area contributed by atoms with Crippen molar-refractivity contribution in [2.24, 2.45) is 5.92 Å². The van der Waals surface area contributed by atoms with Crippen molar-refractivity contribution in [1.82, 2.24) is 20.2 Å². The molecule has 3 heterocycles. The highest BCUT2D eigenvalue weighted by molar-refractivity contribution is 8.00. The minimum atomic E-state index is -0.614. The molecule has 8 nitrogen and oxygen atoms in total. The quantitative estimate of drug-likeness (QED) is 0.407. The molecule has 0 bridgehead atoms. The van der Waals surface area contributed by atoms with Crippen LogP contribution in [0.4, 0.5) is 4.79 Å². The molecule has 2 N–H and O–H groups in total. The molecule has 0 aliphatic heterocycles. The second-order valence-corrected chi connectivity index (χ2v) is 11.3. The van der Waals surface area contributed by atoms with Crippen LogP contribution in [-0.2, 0) is 24.2 Å². The smallest absolute Gasteiger partial charge is 0.321 e. The number of nitrogens with zero attached hydrogens (tertiary/aromatic N) is 2. The number of carbonyl (C=O) groups excluding carboxylic acids is 2. The van der Waals surface area contributed by atoms with Crippen LogP contribution in [0.5, 0.6) is 0 Å². The van der Waals surface area contributed by atoms with E-state index in [1.165, 1.54) is 16.6 Å². The number of aromatic nitrogens is 2. The Kier molecular flexibility index (Phi) is 6.05. The Labute approximate surface area is 199 Å². The van der Waals surface area contributed by atoms with Gasteiger partial charge in [-0.05, 0) is 62.6 Å². The largest absolute Gasteiger partial charge is 0.467 e. The number of hydrogen-bond acceptors (Lipinski definition) is 7. The van der Waals surface area contributed by atoms with Gasteiger partial charge in [0.1, 0.15) is 10.6 Å². The van der Waals surface area contributed by atoms with Crippen LogP contribution in [0.2, 0.25) is 0 Å². The normalized spacial score (nSPS) is 18.7. The zero-order valence-electron chi connectivity index (χ0n) is 18.6. The summed E-state index contributed by atoms with van der Waals surface area (Å²) in [5.74, 6) is 0.810. The third kappa shape index (κ3) is 4.72. The molecular formula is C23H26N4O4S2. The first kappa shape index (κ1) is 22.2. The Morgan fingerprint density at radius 2 is 2.18 bits per heavy atom. The van der Waals surface area contributed by atoms with Crippen LogP contribution in [0.3, 0.4) is 0 Å². The number of rotatable bonds is 6. The van der Waals surface area contributed by atoms with Crippen LogP contribution in [0.1, 0.15) is 49.3 Å². The summed E-state index contributed by atoms with van der Waals surface area (Å²) in [4.78, 5) is 45.0. The molecule has 1 saturated carbocycles. The zero-order valence-corrected chi connectivity index (χ0v) is 20.2. The van der Waals surface area contributed by atoms with E-state index in [0.29, 0.717) is 22.2 Å². The highest BCUT2D eigenvalue weighted by atomic mass is 32.2. The summed E-state index contributed by atoms with van der Waals surface area (Å²) in [7, 11) is 0. The molecule has 2 atom stereocenters. The van der Waals surface area contributed by atoms with Gasteiger partial charge in [-0.2, -0.15) is 0 Å². The van der Waals surface area contributed by atoms with Gasteiger partial charge in [-0.1, -0.05) is 18.7 Å². The molecule has 174 valence electrons. The average molecular weight is 487 g/mol. The Balaban J connectivity index is 1.47. The van der Waals surface area contributed by atoms with Gasteiger partial charge < -0.3 is 9.73 Å². The van der Waals surface area contributed by atoms with Crippen molar-refractivity contribution < 1.29 is 14.0 Å². The molecule has 3 aromatic rings. The molecule has 33 heavy (non-hydrogen) atoms. The van der Waals surface area contributed by atoms with E-state index in [2.05, 4.69) is 17.6 Å². The number of fused-ring (bicyclic) bond motifs is 3. The van der Waals surface area contributed by atoms with Crippen LogP contribution in [0.15, 0.2) is 32.8 Å². The molecule has 2 unspecified atom stereocenters. The molecule has 2 aliphatic carbocycles. The van der Waals surface area contributed by atoms with Crippen LogP contribution >= 0.6 is 23.1 Å². The third-order valence-corrected chi connectivity index (χ3v) is 8.31. The molecular weight excluding hydrogens is 460 g/mol. The first-order valence-electron chi connectivity index (χ1n) is 11.2. The Morgan fingerprint density at radius 1 is 1.36 bits per heavy atom. The van der Waals surface area contributed by atoms with E-state index in [-0.39, 0.29) is 18.1 Å². The van der Waals surface area contributed by atoms with E-state index < -0.39 is 17.2 Å². The molecule has 1 fully saturated rings. The van der Waals surface area contributed by atoms with Crippen molar-refractivity contribution in [3.63, 3.8) is 0 Å². The van der Waals surface area contributed by atoms with E-state index in [1.807, 2.05) is 6.07 Å². The standard InChI is InChI=1S/C23H26N4O4S2/c1-12-5-8-16-17(10-12)33-20-18(16)21(29)27(11-15-4-3-9-31-15)23(26-20)32-13(2)19(28)25-22(30)24-14-6-7-14/h3-4,9,12-14H,5-8,10-11H2,1-2H3,(H2,24,25,28,30). The fourth-order valence-electron chi connectivity index (χ4n) is 4.07. The number of carbonyl (C=O) groups is 2. The number of thiophene rings is 1. The van der Waals surface area contributed by atoms with E-state index >= 15 is 0 Å². The number of thioether (sulfide) groups is 1. The molecule has 0 aromatic carbocycles. The van der Waals surface area contributed by atoms with Gasteiger partial charge in [-0.3, -0.25) is 19.5 Å². The lowest BCUT2D eigenvalue weighted by Gasteiger charge is -2.18. The second-order valence-electron chi connectivity index (χ2n) is 8.89. The number of hydrogen-bond donors (Lipinski definition) is 2. The number of amides is 3. The van der Waals surface area contributed by atoms with Crippen molar-refractivity contribution in [3.8, 4) is 0 Å². The van der Waals surface area contributed by atoms with Gasteiger partial charge in [0.15, 0.2) is 5.16 Å². The summed E-state index contributed by atoms with van der Waals surface area (Å²) in [6.45, 7) is 4.17. The van der Waals surface area contributed by atoms with Crippen molar-refractivity contribution >= 4 is 45.3 Å². The van der Waals surface area contributed by atoms with Gasteiger partial charge >= 0.3 is 6.03 Å². The van der Waals surface area contributed by atoms with Gasteiger partial charge in [-0.15, -0.1) is 11.3 Å². The van der Waals surface area contributed by atoms with Crippen LogP contribution in [0, 0.1) is 5.92 Å². The van der Waals surface area contributed by atoms with Crippen molar-refractivity contribution in [2.45, 2.75) is 68.9 Å². The van der Waals surface area contributed by atoms with Gasteiger partial charge in [0.05, 0.1) is 23.4 Å². The Hall–Kier alpha value is -2.59. The molecule has 3 amide bonds. The maximum Gasteiger partial charge on any atom is 0.321 e. The summed E-state index contributed by atoms with van der Waals surface area (Å²) >= 11 is 2.76. The van der Waals surface area contributed by atoms with Crippen molar-refractivity contribution in [1.29, 1.82) is 0 Å². The van der Waals surface area contributed by atoms with Crippen molar-refractivity contribution in [2.75, 3.05) is 0 Å². The molecule has 3 aromatic heterocycles. The lowest BCUT2D eigenvalue weighted by atomic mass is 9.89. The molecule has 10 heteroatoms. The SMILES string of the molecule is CC1CCc2c(sc3nc(SC(C)C(=O)NC(=O)NC4CC4)n(Cc4ccco4)c(=O)c23)C1. The summed E-state index contributed by atoms with van der Waals surface area (Å²) in [6.07, 6.45) is 6.37. The van der Waals surface area contributed by atoms with E-state index in [9.17, 15) is 14.4 Å². The lowest BCUT2D eigenvalue weighted by molar-refractivity contribution is -0.119. The van der Waals surface area contributed by atoms with E-state index in [0.717, 1.165) is 42.5 Å². The van der Waals surface area contributed by atoms with Crippen LogP contribution < -0.4 is 16.2 Å². The van der Waals surface area contributed by atoms with Crippen molar-refractivity contribution in [3.05, 3.63) is 45.0 Å². The highest BCUT2D eigenvalue weighted by Gasteiger charge is 2.28. The van der Waals surface area contributed by atoms with E-state index in [4.69, 9.17) is 9.40 Å². The number of nitrogens with one attached hydrogen (secondary N) is 2. The molecule has 0 spiro atoms. The van der Waals surface area contributed by atoms with E-state index in [1.54, 1.807) is 35.2 Å². The zero-order chi connectivity index (χ0) is 23.1. The Bertz CT molecular complexity index is 1260. The summed E-state index contributed by atoms with van der Waals surface area (Å²) in [5, 5.41) is 5.66. The van der Waals surface area contributed by atoms with Gasteiger partial charge in [-0.25, -0.2) is 9.78 Å². The number of furan rings is 1. The second kappa shape index (κ2) is 8.98. The number of aryl methyl sites for hydroxylation is 1. The maximum absolute atomic E-state index is 13.7. The van der Waals surface area contributed by atoms with Gasteiger partial charge in [0, 0.05) is 10.9 Å². The molecule has 0 radical (unpaired) electrons. The maximum atomic E-state index is 13.7. The first-order chi connectivity index (χ1) is 15.9. The summed E-state index contributed by atoms with van der Waals surface area (Å²) in [6, 6.07) is 3.28. The molecule has 2 aliphatic rings. The fraction of sp³-hybridized carbons (Fsp3) is 0.478. The Morgan fingerprint density at radius 3 is 2.91 bits per heavy atom. The average Bonchev–Trinajstić information content (AvgIpc) is 3.28. The molecule has 5 rings (SSSR count). The number of imide groups is 1. The molecule has 0 saturated heterocycles. The van der Waals surface area contributed by atoms with Gasteiger partial charge in [0.25, 0.3) is 5.56 Å². The lowest BCUT2D eigenvalue weighted by Crippen LogP contribution is -2.43. The van der Waals surface area contributed by atoms with Gasteiger partial charge in [0.2, 0.25) is 5.91 Å². The monoisotopic (exact) mass is 486 g/mol. The minimum Gasteiger partial charge on any atom is -0.467 e. The predicted octanol–water partition coefficient (Wildman–Crippen LogP) is 3.69. The fourth-order valence-corrected chi connectivity index (χ4v) is 6.40. The number of urea groups is 1. The minimum absolute atomic E-state index is 0.106. The third-order valence-electron chi connectivity index (χ3n) is 6.07. The highest BCUT2D eigenvalue weighted by Crippen LogP contribution is 2.37. The van der Waals surface area contributed by atoms with Crippen LogP contribution in [-0.4, -0.2) is 32.8 Å².